The van der Waals surface area contributed by atoms with E-state index in [-0.39, 0.29) is 0 Å². The SMILES string of the molecule is Nc1nc(Cl)ccc1CCl. The fourth-order valence-electron chi connectivity index (χ4n) is 0.592. The predicted octanol–water partition coefficient (Wildman–Crippen LogP) is 2.06. The summed E-state index contributed by atoms with van der Waals surface area (Å²) < 4.78 is 0. The zero-order valence-corrected chi connectivity index (χ0v) is 6.65. The minimum absolute atomic E-state index is 0.371. The van der Waals surface area contributed by atoms with Crippen molar-refractivity contribution in [1.82, 2.24) is 4.98 Å². The first-order chi connectivity index (χ1) is 4.74. The van der Waals surface area contributed by atoms with Crippen LogP contribution in [0.1, 0.15) is 5.56 Å². The molecule has 0 aromatic carbocycles. The van der Waals surface area contributed by atoms with E-state index in [1.54, 1.807) is 12.1 Å². The van der Waals surface area contributed by atoms with Crippen LogP contribution in [0.2, 0.25) is 5.15 Å². The maximum Gasteiger partial charge on any atom is 0.131 e. The van der Waals surface area contributed by atoms with Crippen LogP contribution in [0.4, 0.5) is 5.82 Å². The van der Waals surface area contributed by atoms with E-state index in [2.05, 4.69) is 4.98 Å². The molecule has 0 saturated heterocycles. The van der Waals surface area contributed by atoms with E-state index in [4.69, 9.17) is 28.9 Å². The largest absolute Gasteiger partial charge is 0.383 e. The molecule has 1 rings (SSSR count). The van der Waals surface area contributed by atoms with E-state index < -0.39 is 0 Å². The molecule has 2 N–H and O–H groups in total. The number of halogens is 2. The van der Waals surface area contributed by atoms with Crippen LogP contribution in [0, 0.1) is 0 Å². The van der Waals surface area contributed by atoms with E-state index in [1.165, 1.54) is 0 Å². The molecule has 0 fully saturated rings. The average Bonchev–Trinajstić information content (AvgIpc) is 1.88. The summed E-state index contributed by atoms with van der Waals surface area (Å²) in [5.41, 5.74) is 6.26. The number of pyridine rings is 1. The van der Waals surface area contributed by atoms with Crippen molar-refractivity contribution >= 4 is 29.0 Å². The van der Waals surface area contributed by atoms with Gasteiger partial charge in [-0.1, -0.05) is 17.7 Å². The number of nitrogen functional groups attached to an aromatic ring is 1. The van der Waals surface area contributed by atoms with Gasteiger partial charge in [0.25, 0.3) is 0 Å². The van der Waals surface area contributed by atoms with E-state index in [0.29, 0.717) is 16.9 Å². The van der Waals surface area contributed by atoms with Crippen molar-refractivity contribution in [2.75, 3.05) is 5.73 Å². The molecule has 0 aliphatic heterocycles. The van der Waals surface area contributed by atoms with Crippen molar-refractivity contribution in [2.45, 2.75) is 5.88 Å². The second-order valence-electron chi connectivity index (χ2n) is 1.81. The van der Waals surface area contributed by atoms with E-state index in [0.717, 1.165) is 5.56 Å². The van der Waals surface area contributed by atoms with Crippen LogP contribution in [0.3, 0.4) is 0 Å². The topological polar surface area (TPSA) is 38.9 Å². The molecule has 0 aliphatic carbocycles. The summed E-state index contributed by atoms with van der Waals surface area (Å²) in [6, 6.07) is 3.42. The normalized spacial score (nSPS) is 9.80. The lowest BCUT2D eigenvalue weighted by molar-refractivity contribution is 1.26. The van der Waals surface area contributed by atoms with Crippen molar-refractivity contribution in [3.05, 3.63) is 22.8 Å². The van der Waals surface area contributed by atoms with Crippen LogP contribution < -0.4 is 5.73 Å². The standard InChI is InChI=1S/C6H6Cl2N2/c7-3-4-1-2-5(8)10-6(4)9/h1-2H,3H2,(H2,9,10). The number of alkyl halides is 1. The number of rotatable bonds is 1. The zero-order valence-electron chi connectivity index (χ0n) is 5.14. The maximum absolute atomic E-state index is 5.54. The van der Waals surface area contributed by atoms with Gasteiger partial charge in [0, 0.05) is 5.56 Å². The fraction of sp³-hybridized carbons (Fsp3) is 0.167. The first-order valence-electron chi connectivity index (χ1n) is 2.71. The Bertz CT molecular complexity index is 237. The van der Waals surface area contributed by atoms with Gasteiger partial charge in [0.05, 0.1) is 5.88 Å². The van der Waals surface area contributed by atoms with Crippen molar-refractivity contribution in [3.8, 4) is 0 Å². The van der Waals surface area contributed by atoms with Crippen LogP contribution in [0.15, 0.2) is 12.1 Å². The summed E-state index contributed by atoms with van der Waals surface area (Å²) in [6.07, 6.45) is 0. The van der Waals surface area contributed by atoms with Gasteiger partial charge in [-0.15, -0.1) is 11.6 Å². The van der Waals surface area contributed by atoms with Gasteiger partial charge in [-0.25, -0.2) is 4.98 Å². The molecule has 0 unspecified atom stereocenters. The molecule has 0 aliphatic rings. The third-order valence-electron chi connectivity index (χ3n) is 1.12. The van der Waals surface area contributed by atoms with Gasteiger partial charge in [0.15, 0.2) is 0 Å². The summed E-state index contributed by atoms with van der Waals surface area (Å²) in [7, 11) is 0. The summed E-state index contributed by atoms with van der Waals surface area (Å²) in [6.45, 7) is 0. The third-order valence-corrected chi connectivity index (χ3v) is 1.62. The highest BCUT2D eigenvalue weighted by molar-refractivity contribution is 6.29. The van der Waals surface area contributed by atoms with Crippen molar-refractivity contribution < 1.29 is 0 Å². The monoisotopic (exact) mass is 176 g/mol. The molecule has 0 atom stereocenters. The molecule has 0 bridgehead atoms. The molecule has 0 amide bonds. The maximum atomic E-state index is 5.54. The lowest BCUT2D eigenvalue weighted by Crippen LogP contribution is -1.94. The van der Waals surface area contributed by atoms with Gasteiger partial charge in [0.1, 0.15) is 11.0 Å². The van der Waals surface area contributed by atoms with Crippen molar-refractivity contribution in [3.63, 3.8) is 0 Å². The molecule has 2 nitrogen and oxygen atoms in total. The molecular formula is C6H6Cl2N2. The summed E-state index contributed by atoms with van der Waals surface area (Å²) in [4.78, 5) is 3.80. The fourth-order valence-corrected chi connectivity index (χ4v) is 0.972. The summed E-state index contributed by atoms with van der Waals surface area (Å²) in [5, 5.41) is 0.395. The van der Waals surface area contributed by atoms with E-state index >= 15 is 0 Å². The van der Waals surface area contributed by atoms with Gasteiger partial charge in [-0.3, -0.25) is 0 Å². The van der Waals surface area contributed by atoms with Crippen LogP contribution in [-0.4, -0.2) is 4.98 Å². The molecule has 0 radical (unpaired) electrons. The number of anilines is 1. The number of hydrogen-bond acceptors (Lipinski definition) is 2. The predicted molar refractivity (Wildman–Crippen MR) is 43.2 cm³/mol. The van der Waals surface area contributed by atoms with Gasteiger partial charge in [-0.2, -0.15) is 0 Å². The molecule has 1 heterocycles. The van der Waals surface area contributed by atoms with E-state index in [9.17, 15) is 0 Å². The first-order valence-corrected chi connectivity index (χ1v) is 3.62. The van der Waals surface area contributed by atoms with Gasteiger partial charge in [0.2, 0.25) is 0 Å². The third kappa shape index (κ3) is 1.52. The van der Waals surface area contributed by atoms with Crippen molar-refractivity contribution in [2.24, 2.45) is 0 Å². The second kappa shape index (κ2) is 3.08. The smallest absolute Gasteiger partial charge is 0.131 e. The number of nitrogens with zero attached hydrogens (tertiary/aromatic N) is 1. The summed E-state index contributed by atoms with van der Waals surface area (Å²) in [5.74, 6) is 0.776. The Hall–Kier alpha value is -0.470. The van der Waals surface area contributed by atoms with Crippen LogP contribution in [0.5, 0.6) is 0 Å². The van der Waals surface area contributed by atoms with Crippen LogP contribution in [-0.2, 0) is 5.88 Å². The molecule has 1 aromatic heterocycles. The molecule has 0 spiro atoms. The van der Waals surface area contributed by atoms with Crippen molar-refractivity contribution in [1.29, 1.82) is 0 Å². The quantitative estimate of drug-likeness (QED) is 0.526. The van der Waals surface area contributed by atoms with Gasteiger partial charge < -0.3 is 5.73 Å². The number of aromatic nitrogens is 1. The molecular weight excluding hydrogens is 171 g/mol. The Kier molecular flexibility index (Phi) is 2.35. The minimum Gasteiger partial charge on any atom is -0.383 e. The Balaban J connectivity index is 3.07. The van der Waals surface area contributed by atoms with Crippen LogP contribution >= 0.6 is 23.2 Å². The molecule has 4 heteroatoms. The summed E-state index contributed by atoms with van der Waals surface area (Å²) >= 11 is 11.1. The Morgan fingerprint density at radius 2 is 2.20 bits per heavy atom. The van der Waals surface area contributed by atoms with Crippen LogP contribution in [0.25, 0.3) is 0 Å². The Labute approximate surface area is 69.0 Å². The zero-order chi connectivity index (χ0) is 7.56. The lowest BCUT2D eigenvalue weighted by Gasteiger charge is -1.98. The lowest BCUT2D eigenvalue weighted by atomic mass is 10.3. The minimum atomic E-state index is 0.371. The highest BCUT2D eigenvalue weighted by Gasteiger charge is 1.97. The highest BCUT2D eigenvalue weighted by Crippen LogP contribution is 2.14. The Morgan fingerprint density at radius 1 is 1.50 bits per heavy atom. The molecule has 1 aromatic rings. The number of nitrogens with two attached hydrogens (primary N) is 1. The molecule has 54 valence electrons. The first kappa shape index (κ1) is 7.63. The van der Waals surface area contributed by atoms with E-state index in [1.807, 2.05) is 0 Å². The molecule has 10 heavy (non-hydrogen) atoms. The highest BCUT2D eigenvalue weighted by atomic mass is 35.5. The number of hydrogen-bond donors (Lipinski definition) is 1. The van der Waals surface area contributed by atoms with Gasteiger partial charge >= 0.3 is 0 Å². The van der Waals surface area contributed by atoms with Gasteiger partial charge in [-0.05, 0) is 6.07 Å². The Morgan fingerprint density at radius 3 is 2.70 bits per heavy atom. The molecule has 0 saturated carbocycles. The average molecular weight is 177 g/mol. The second-order valence-corrected chi connectivity index (χ2v) is 2.47.